The molecule has 0 aliphatic carbocycles. The van der Waals surface area contributed by atoms with Gasteiger partial charge < -0.3 is 9.47 Å². The third kappa shape index (κ3) is 4.58. The fraction of sp³-hybridized carbons (Fsp3) is 0.0909. The Hall–Kier alpha value is -5.30. The molecule has 7 nitrogen and oxygen atoms in total. The summed E-state index contributed by atoms with van der Waals surface area (Å²) in [5.41, 5.74) is 4.12. The normalized spacial score (nSPS) is 11.1. The van der Waals surface area contributed by atoms with Gasteiger partial charge >= 0.3 is 5.97 Å². The lowest BCUT2D eigenvalue weighted by Gasteiger charge is -2.11. The molecule has 7 heteroatoms. The number of aryl methyl sites for hydroxylation is 1. The van der Waals surface area contributed by atoms with E-state index in [2.05, 4.69) is 0 Å². The number of carbonyl (C=O) groups excluding carboxylic acids is 2. The zero-order valence-electron chi connectivity index (χ0n) is 22.0. The van der Waals surface area contributed by atoms with Crippen molar-refractivity contribution in [1.29, 1.82) is 0 Å². The number of carbonyl (C=O) groups is 2. The van der Waals surface area contributed by atoms with Gasteiger partial charge in [-0.25, -0.2) is 14.5 Å². The summed E-state index contributed by atoms with van der Waals surface area (Å²) in [5.74, 6) is -0.185. The van der Waals surface area contributed by atoms with Crippen molar-refractivity contribution in [2.24, 2.45) is 0 Å². The average molecular weight is 528 g/mol. The third-order valence-electron chi connectivity index (χ3n) is 6.84. The minimum Gasteiger partial charge on any atom is -0.497 e. The van der Waals surface area contributed by atoms with Crippen molar-refractivity contribution >= 4 is 33.6 Å². The maximum Gasteiger partial charge on any atom is 0.339 e. The van der Waals surface area contributed by atoms with Crippen LogP contribution in [0, 0.1) is 6.92 Å². The van der Waals surface area contributed by atoms with E-state index in [-0.39, 0.29) is 12.4 Å². The highest BCUT2D eigenvalue weighted by atomic mass is 16.5. The predicted molar refractivity (Wildman–Crippen MR) is 154 cm³/mol. The molecule has 0 aliphatic heterocycles. The molecule has 0 atom stereocenters. The van der Waals surface area contributed by atoms with E-state index >= 15 is 0 Å². The van der Waals surface area contributed by atoms with Crippen molar-refractivity contribution < 1.29 is 19.1 Å². The monoisotopic (exact) mass is 527 g/mol. The van der Waals surface area contributed by atoms with Crippen molar-refractivity contribution in [3.63, 3.8) is 0 Å². The van der Waals surface area contributed by atoms with Crippen LogP contribution in [0.3, 0.4) is 0 Å². The van der Waals surface area contributed by atoms with E-state index in [0.717, 1.165) is 22.0 Å². The summed E-state index contributed by atoms with van der Waals surface area (Å²) in [7, 11) is 1.61. The summed E-state index contributed by atoms with van der Waals surface area (Å²) >= 11 is 0. The number of esters is 1. The summed E-state index contributed by atoms with van der Waals surface area (Å²) < 4.78 is 12.6. The van der Waals surface area contributed by atoms with Crippen molar-refractivity contribution in [3.05, 3.63) is 120 Å². The Labute approximate surface area is 230 Å². The zero-order chi connectivity index (χ0) is 27.6. The maximum absolute atomic E-state index is 13.6. The summed E-state index contributed by atoms with van der Waals surface area (Å²) in [4.78, 5) is 31.6. The Morgan fingerprint density at radius 3 is 2.33 bits per heavy atom. The molecule has 2 aromatic heterocycles. The van der Waals surface area contributed by atoms with E-state index < -0.39 is 5.97 Å². The minimum atomic E-state index is -0.619. The van der Waals surface area contributed by atoms with Gasteiger partial charge in [-0.15, -0.1) is 0 Å². The molecule has 0 amide bonds. The van der Waals surface area contributed by atoms with Gasteiger partial charge in [0.1, 0.15) is 5.75 Å². The largest absolute Gasteiger partial charge is 0.497 e. The summed E-state index contributed by atoms with van der Waals surface area (Å²) in [6, 6.07) is 31.9. The first kappa shape index (κ1) is 25.0. The first-order chi connectivity index (χ1) is 19.5. The van der Waals surface area contributed by atoms with Crippen LogP contribution < -0.4 is 4.74 Å². The van der Waals surface area contributed by atoms with E-state index in [9.17, 15) is 9.59 Å². The molecule has 4 aromatic carbocycles. The summed E-state index contributed by atoms with van der Waals surface area (Å²) in [5, 5.41) is 7.04. The number of pyridine rings is 1. The van der Waals surface area contributed by atoms with E-state index in [4.69, 9.17) is 19.6 Å². The fourth-order valence-electron chi connectivity index (χ4n) is 4.86. The molecule has 196 valence electrons. The van der Waals surface area contributed by atoms with Gasteiger partial charge in [0.25, 0.3) is 0 Å². The van der Waals surface area contributed by atoms with Crippen LogP contribution in [0.4, 0.5) is 0 Å². The Balaban J connectivity index is 1.40. The van der Waals surface area contributed by atoms with Gasteiger partial charge in [0, 0.05) is 11.1 Å². The quantitative estimate of drug-likeness (QED) is 0.172. The number of hydrogen-bond acceptors (Lipinski definition) is 6. The van der Waals surface area contributed by atoms with Crippen molar-refractivity contribution in [2.45, 2.75) is 6.92 Å². The lowest BCUT2D eigenvalue weighted by atomic mass is 10.0. The van der Waals surface area contributed by atoms with Crippen LogP contribution in [-0.2, 0) is 4.74 Å². The second kappa shape index (κ2) is 10.5. The highest BCUT2D eigenvalue weighted by Gasteiger charge is 2.23. The van der Waals surface area contributed by atoms with Crippen LogP contribution in [0.25, 0.3) is 38.8 Å². The van der Waals surface area contributed by atoms with Gasteiger partial charge in [0.15, 0.2) is 12.3 Å². The van der Waals surface area contributed by atoms with Crippen LogP contribution in [0.5, 0.6) is 5.75 Å². The molecule has 0 spiro atoms. The molecule has 0 fully saturated rings. The molecule has 0 radical (unpaired) electrons. The topological polar surface area (TPSA) is 83.3 Å². The Bertz CT molecular complexity index is 1870. The first-order valence-corrected chi connectivity index (χ1v) is 12.8. The SMILES string of the molecule is COc1ccc(-c2cc(C(=O)OCC(=O)c3cccc4ccccc34)c3c(C)nn(-c4ccccc4)c3n2)cc1. The number of rotatable bonds is 7. The number of Topliss-reactive ketones (excluding diaryl/α,β-unsaturated/α-hetero) is 1. The van der Waals surface area contributed by atoms with Gasteiger partial charge in [-0.2, -0.15) is 5.10 Å². The molecule has 6 aromatic rings. The lowest BCUT2D eigenvalue weighted by molar-refractivity contribution is 0.0477. The number of aromatic nitrogens is 3. The number of ketones is 1. The van der Waals surface area contributed by atoms with Crippen molar-refractivity contribution in [3.8, 4) is 22.7 Å². The van der Waals surface area contributed by atoms with Crippen LogP contribution in [0.1, 0.15) is 26.4 Å². The minimum absolute atomic E-state index is 0.275. The second-order valence-corrected chi connectivity index (χ2v) is 9.34. The zero-order valence-corrected chi connectivity index (χ0v) is 22.0. The van der Waals surface area contributed by atoms with Gasteiger partial charge in [-0.3, -0.25) is 4.79 Å². The molecule has 0 bridgehead atoms. The third-order valence-corrected chi connectivity index (χ3v) is 6.84. The van der Waals surface area contributed by atoms with E-state index in [1.165, 1.54) is 0 Å². The molecular formula is C33H25N3O4. The Morgan fingerprint density at radius 2 is 1.55 bits per heavy atom. The van der Waals surface area contributed by atoms with Crippen molar-refractivity contribution in [2.75, 3.05) is 13.7 Å². The summed E-state index contributed by atoms with van der Waals surface area (Å²) in [6.45, 7) is 1.44. The molecule has 2 heterocycles. The molecule has 40 heavy (non-hydrogen) atoms. The van der Waals surface area contributed by atoms with Gasteiger partial charge in [-0.1, -0.05) is 60.7 Å². The van der Waals surface area contributed by atoms with Gasteiger partial charge in [-0.05, 0) is 60.2 Å². The molecule has 0 saturated carbocycles. The molecule has 0 aliphatic rings. The number of benzene rings is 4. The fourth-order valence-corrected chi connectivity index (χ4v) is 4.86. The number of para-hydroxylation sites is 1. The predicted octanol–water partition coefficient (Wildman–Crippen LogP) is 6.60. The molecule has 6 rings (SSSR count). The highest BCUT2D eigenvalue weighted by molar-refractivity contribution is 6.10. The van der Waals surface area contributed by atoms with Gasteiger partial charge in [0.2, 0.25) is 5.78 Å². The van der Waals surface area contributed by atoms with Crippen LogP contribution in [0.15, 0.2) is 103 Å². The lowest BCUT2D eigenvalue weighted by Crippen LogP contribution is -2.15. The number of ether oxygens (including phenoxy) is 2. The number of hydrogen-bond donors (Lipinski definition) is 0. The Kier molecular flexibility index (Phi) is 6.54. The smallest absolute Gasteiger partial charge is 0.339 e. The average Bonchev–Trinajstić information content (AvgIpc) is 3.35. The second-order valence-electron chi connectivity index (χ2n) is 9.34. The van der Waals surface area contributed by atoms with Crippen LogP contribution >= 0.6 is 0 Å². The molecular weight excluding hydrogens is 502 g/mol. The molecule has 0 unspecified atom stereocenters. The van der Waals surface area contributed by atoms with E-state index in [0.29, 0.717) is 39.3 Å². The first-order valence-electron chi connectivity index (χ1n) is 12.8. The van der Waals surface area contributed by atoms with E-state index in [1.54, 1.807) is 23.9 Å². The van der Waals surface area contributed by atoms with E-state index in [1.807, 2.05) is 97.9 Å². The van der Waals surface area contributed by atoms with Crippen LogP contribution in [-0.4, -0.2) is 40.2 Å². The summed E-state index contributed by atoms with van der Waals surface area (Å²) in [6.07, 6.45) is 0. The highest BCUT2D eigenvalue weighted by Crippen LogP contribution is 2.30. The van der Waals surface area contributed by atoms with Crippen LogP contribution in [0.2, 0.25) is 0 Å². The number of nitrogens with zero attached hydrogens (tertiary/aromatic N) is 3. The Morgan fingerprint density at radius 1 is 0.825 bits per heavy atom. The maximum atomic E-state index is 13.6. The molecule has 0 saturated heterocycles. The van der Waals surface area contributed by atoms with Crippen molar-refractivity contribution in [1.82, 2.24) is 14.8 Å². The molecule has 0 N–H and O–H groups in total. The van der Waals surface area contributed by atoms with Gasteiger partial charge in [0.05, 0.1) is 35.1 Å². The standard InChI is InChI=1S/C33H25N3O4/c1-21-31-28(33(38)40-20-30(37)27-14-8-10-22-9-6-7-13-26(22)27)19-29(23-15-17-25(39-2)18-16-23)34-32(31)36(35-21)24-11-4-3-5-12-24/h3-19H,20H2,1-2H3. The number of fused-ring (bicyclic) bond motifs is 2. The number of methoxy groups -OCH3 is 1.